The van der Waals surface area contributed by atoms with Crippen molar-refractivity contribution >= 4 is 23.5 Å². The number of nitrogens with one attached hydrogen (secondary N) is 1. The summed E-state index contributed by atoms with van der Waals surface area (Å²) in [4.78, 5) is 18.2. The maximum atomic E-state index is 12.2. The molecule has 2 aromatic rings. The molecule has 5 heteroatoms. The van der Waals surface area contributed by atoms with Gasteiger partial charge in [-0.15, -0.1) is 11.3 Å². The van der Waals surface area contributed by atoms with E-state index in [4.69, 9.17) is 0 Å². The average Bonchev–Trinajstić information content (AvgIpc) is 2.99. The summed E-state index contributed by atoms with van der Waals surface area (Å²) in [6.45, 7) is 2.24. The Hall–Kier alpha value is -2.01. The summed E-state index contributed by atoms with van der Waals surface area (Å²) < 4.78 is 0. The van der Waals surface area contributed by atoms with Crippen LogP contribution in [0.2, 0.25) is 0 Å². The molecule has 1 atom stereocenters. The van der Waals surface area contributed by atoms with Gasteiger partial charge < -0.3 is 0 Å². The molecule has 114 valence electrons. The molecule has 0 aliphatic heterocycles. The molecule has 0 bridgehead atoms. The van der Waals surface area contributed by atoms with Crippen molar-refractivity contribution in [3.63, 3.8) is 0 Å². The zero-order valence-corrected chi connectivity index (χ0v) is 13.4. The van der Waals surface area contributed by atoms with Crippen LogP contribution in [0.25, 0.3) is 0 Å². The Labute approximate surface area is 134 Å². The molecule has 0 aromatic carbocycles. The lowest BCUT2D eigenvalue weighted by atomic mass is 9.87. The maximum absolute atomic E-state index is 12.2. The molecule has 0 radical (unpaired) electrons. The monoisotopic (exact) mass is 313 g/mol. The van der Waals surface area contributed by atoms with Crippen LogP contribution in [0.15, 0.2) is 35.7 Å². The van der Waals surface area contributed by atoms with Gasteiger partial charge in [-0.2, -0.15) is 5.10 Å². The Morgan fingerprint density at radius 3 is 3.09 bits per heavy atom. The number of amides is 1. The topological polar surface area (TPSA) is 54.4 Å². The number of hydrogen-bond acceptors (Lipinski definition) is 4. The Bertz CT molecular complexity index is 678. The van der Waals surface area contributed by atoms with E-state index in [-0.39, 0.29) is 5.91 Å². The van der Waals surface area contributed by atoms with Crippen LogP contribution in [0.1, 0.15) is 45.4 Å². The Morgan fingerprint density at radius 2 is 2.32 bits per heavy atom. The molecular formula is C17H19N3OS. The highest BCUT2D eigenvalue weighted by atomic mass is 32.1. The van der Waals surface area contributed by atoms with Crippen molar-refractivity contribution in [2.45, 2.75) is 32.6 Å². The highest BCUT2D eigenvalue weighted by Gasteiger charge is 2.21. The molecule has 3 rings (SSSR count). The van der Waals surface area contributed by atoms with Gasteiger partial charge >= 0.3 is 0 Å². The number of carbonyl (C=O) groups excluding carboxylic acids is 1. The summed E-state index contributed by atoms with van der Waals surface area (Å²) >= 11 is 1.61. The lowest BCUT2D eigenvalue weighted by Crippen LogP contribution is -2.16. The molecule has 0 fully saturated rings. The minimum absolute atomic E-state index is 0.127. The Morgan fingerprint density at radius 1 is 1.50 bits per heavy atom. The van der Waals surface area contributed by atoms with Crippen LogP contribution in [-0.2, 0) is 12.8 Å². The number of carbonyl (C=O) groups is 1. The Kier molecular flexibility index (Phi) is 4.63. The standard InChI is InChI=1S/C17H19N3OS/c1-2-12-3-4-15-14(9-12)10-16(22-15)17(21)20-19-11-13-5-7-18-8-6-13/h5-8,10-12H,2-4,9H2,1H3,(H,20,21)/b19-11+. The van der Waals surface area contributed by atoms with Crippen molar-refractivity contribution in [1.82, 2.24) is 10.4 Å². The lowest BCUT2D eigenvalue weighted by Gasteiger charge is -2.19. The number of aromatic nitrogens is 1. The first-order chi connectivity index (χ1) is 10.8. The van der Waals surface area contributed by atoms with E-state index in [9.17, 15) is 4.79 Å². The van der Waals surface area contributed by atoms with Crippen molar-refractivity contribution in [2.24, 2.45) is 11.0 Å². The molecule has 1 aliphatic carbocycles. The van der Waals surface area contributed by atoms with Gasteiger partial charge in [0.25, 0.3) is 5.91 Å². The number of aryl methyl sites for hydroxylation is 1. The van der Waals surface area contributed by atoms with E-state index in [1.807, 2.05) is 18.2 Å². The van der Waals surface area contributed by atoms with E-state index in [0.717, 1.165) is 29.2 Å². The fraction of sp³-hybridized carbons (Fsp3) is 0.353. The van der Waals surface area contributed by atoms with Gasteiger partial charge in [-0.05, 0) is 54.5 Å². The van der Waals surface area contributed by atoms with Gasteiger partial charge in [0.2, 0.25) is 0 Å². The van der Waals surface area contributed by atoms with E-state index in [1.54, 1.807) is 29.9 Å². The zero-order valence-electron chi connectivity index (χ0n) is 12.6. The third-order valence-corrected chi connectivity index (χ3v) is 5.31. The average molecular weight is 313 g/mol. The van der Waals surface area contributed by atoms with Gasteiger partial charge in [0, 0.05) is 17.3 Å². The lowest BCUT2D eigenvalue weighted by molar-refractivity contribution is 0.0959. The number of pyridine rings is 1. The predicted octanol–water partition coefficient (Wildman–Crippen LogP) is 3.42. The van der Waals surface area contributed by atoms with Crippen LogP contribution >= 0.6 is 11.3 Å². The molecule has 0 spiro atoms. The van der Waals surface area contributed by atoms with Crippen molar-refractivity contribution in [3.05, 3.63) is 51.5 Å². The maximum Gasteiger partial charge on any atom is 0.281 e. The van der Waals surface area contributed by atoms with Gasteiger partial charge in [0.15, 0.2) is 0 Å². The van der Waals surface area contributed by atoms with E-state index >= 15 is 0 Å². The van der Waals surface area contributed by atoms with Crippen LogP contribution < -0.4 is 5.43 Å². The number of rotatable bonds is 4. The molecule has 1 amide bonds. The number of nitrogens with zero attached hydrogens (tertiary/aromatic N) is 2. The molecule has 4 nitrogen and oxygen atoms in total. The second kappa shape index (κ2) is 6.83. The second-order valence-electron chi connectivity index (χ2n) is 5.56. The van der Waals surface area contributed by atoms with Crippen LogP contribution in [0.5, 0.6) is 0 Å². The highest BCUT2D eigenvalue weighted by molar-refractivity contribution is 7.14. The molecule has 1 aliphatic rings. The molecule has 2 aromatic heterocycles. The quantitative estimate of drug-likeness (QED) is 0.694. The van der Waals surface area contributed by atoms with Crippen molar-refractivity contribution in [3.8, 4) is 0 Å². The molecule has 1 N–H and O–H groups in total. The van der Waals surface area contributed by atoms with Gasteiger partial charge in [-0.25, -0.2) is 5.43 Å². The molecule has 1 unspecified atom stereocenters. The van der Waals surface area contributed by atoms with Crippen LogP contribution in [0.4, 0.5) is 0 Å². The SMILES string of the molecule is CCC1CCc2sc(C(=O)N/N=C/c3ccncc3)cc2C1. The zero-order chi connectivity index (χ0) is 15.4. The van der Waals surface area contributed by atoms with Gasteiger partial charge in [0.05, 0.1) is 11.1 Å². The van der Waals surface area contributed by atoms with E-state index in [2.05, 4.69) is 22.4 Å². The van der Waals surface area contributed by atoms with E-state index in [1.165, 1.54) is 23.3 Å². The minimum Gasteiger partial charge on any atom is -0.266 e. The first kappa shape index (κ1) is 14.9. The van der Waals surface area contributed by atoms with Gasteiger partial charge in [-0.1, -0.05) is 13.3 Å². The third kappa shape index (κ3) is 3.42. The van der Waals surface area contributed by atoms with Crippen molar-refractivity contribution in [1.29, 1.82) is 0 Å². The highest BCUT2D eigenvalue weighted by Crippen LogP contribution is 2.33. The molecule has 0 saturated heterocycles. The van der Waals surface area contributed by atoms with E-state index < -0.39 is 0 Å². The molecular weight excluding hydrogens is 294 g/mol. The van der Waals surface area contributed by atoms with Crippen LogP contribution in [-0.4, -0.2) is 17.1 Å². The fourth-order valence-corrected chi connectivity index (χ4v) is 3.83. The summed E-state index contributed by atoms with van der Waals surface area (Å²) in [5, 5.41) is 4.01. The summed E-state index contributed by atoms with van der Waals surface area (Å²) in [7, 11) is 0. The summed E-state index contributed by atoms with van der Waals surface area (Å²) in [5.41, 5.74) is 4.86. The normalized spacial score (nSPS) is 17.4. The molecule has 22 heavy (non-hydrogen) atoms. The van der Waals surface area contributed by atoms with Gasteiger partial charge in [0.1, 0.15) is 0 Å². The molecule has 0 saturated carbocycles. The van der Waals surface area contributed by atoms with Crippen molar-refractivity contribution < 1.29 is 4.79 Å². The number of thiophene rings is 1. The first-order valence-electron chi connectivity index (χ1n) is 7.61. The number of hydrogen-bond donors (Lipinski definition) is 1. The third-order valence-electron chi connectivity index (χ3n) is 4.07. The fourth-order valence-electron chi connectivity index (χ4n) is 2.73. The molecule has 2 heterocycles. The summed E-state index contributed by atoms with van der Waals surface area (Å²) in [6, 6.07) is 5.72. The predicted molar refractivity (Wildman–Crippen MR) is 89.4 cm³/mol. The van der Waals surface area contributed by atoms with Crippen LogP contribution in [0.3, 0.4) is 0 Å². The number of fused-ring (bicyclic) bond motifs is 1. The first-order valence-corrected chi connectivity index (χ1v) is 8.43. The summed E-state index contributed by atoms with van der Waals surface area (Å²) in [5.74, 6) is 0.639. The summed E-state index contributed by atoms with van der Waals surface area (Å²) in [6.07, 6.45) is 9.68. The minimum atomic E-state index is -0.127. The second-order valence-corrected chi connectivity index (χ2v) is 6.69. The number of hydrazone groups is 1. The van der Waals surface area contributed by atoms with Gasteiger partial charge in [-0.3, -0.25) is 9.78 Å². The largest absolute Gasteiger partial charge is 0.281 e. The Balaban J connectivity index is 1.64. The van der Waals surface area contributed by atoms with Crippen LogP contribution in [0, 0.1) is 5.92 Å². The smallest absolute Gasteiger partial charge is 0.266 e. The van der Waals surface area contributed by atoms with E-state index in [0.29, 0.717) is 0 Å². The van der Waals surface area contributed by atoms with Crippen molar-refractivity contribution in [2.75, 3.05) is 0 Å².